The molecule has 0 N–H and O–H groups in total. The van der Waals surface area contributed by atoms with E-state index in [4.69, 9.17) is 4.74 Å². The standard InChI is InChI=1S/C12H9BrFNO/c1-8-2-3-15-12(4-8)16-11-6-9(13)5-10(14)7-11/h2-7H,1H3. The summed E-state index contributed by atoms with van der Waals surface area (Å²) < 4.78 is 19.2. The minimum absolute atomic E-state index is 0.350. The Bertz CT molecular complexity index is 496. The highest BCUT2D eigenvalue weighted by atomic mass is 79.9. The first-order valence-electron chi connectivity index (χ1n) is 4.70. The molecular weight excluding hydrogens is 273 g/mol. The van der Waals surface area contributed by atoms with Crippen LogP contribution in [-0.2, 0) is 0 Å². The van der Waals surface area contributed by atoms with Crippen LogP contribution < -0.4 is 4.74 Å². The highest BCUT2D eigenvalue weighted by Crippen LogP contribution is 2.24. The molecule has 0 aliphatic heterocycles. The zero-order valence-electron chi connectivity index (χ0n) is 8.58. The summed E-state index contributed by atoms with van der Waals surface area (Å²) in [6.45, 7) is 1.94. The maximum absolute atomic E-state index is 13.1. The minimum Gasteiger partial charge on any atom is -0.439 e. The molecule has 2 aromatic rings. The third-order valence-electron chi connectivity index (χ3n) is 1.95. The van der Waals surface area contributed by atoms with Crippen LogP contribution in [0.3, 0.4) is 0 Å². The van der Waals surface area contributed by atoms with Gasteiger partial charge in [0.05, 0.1) is 0 Å². The molecule has 0 radical (unpaired) electrons. The van der Waals surface area contributed by atoms with Gasteiger partial charge in [-0.1, -0.05) is 15.9 Å². The highest BCUT2D eigenvalue weighted by molar-refractivity contribution is 9.10. The molecule has 0 aliphatic carbocycles. The maximum atomic E-state index is 13.1. The molecule has 0 saturated carbocycles. The van der Waals surface area contributed by atoms with Crippen molar-refractivity contribution in [1.29, 1.82) is 0 Å². The lowest BCUT2D eigenvalue weighted by molar-refractivity contribution is 0.457. The number of rotatable bonds is 2. The predicted octanol–water partition coefficient (Wildman–Crippen LogP) is 4.08. The first kappa shape index (κ1) is 11.1. The highest BCUT2D eigenvalue weighted by Gasteiger charge is 2.02. The van der Waals surface area contributed by atoms with Crippen LogP contribution in [0.4, 0.5) is 4.39 Å². The number of pyridine rings is 1. The lowest BCUT2D eigenvalue weighted by Gasteiger charge is -2.05. The Morgan fingerprint density at radius 2 is 2.06 bits per heavy atom. The molecule has 0 unspecified atom stereocenters. The molecule has 82 valence electrons. The van der Waals surface area contributed by atoms with Gasteiger partial charge in [0.15, 0.2) is 0 Å². The molecule has 0 spiro atoms. The quantitative estimate of drug-likeness (QED) is 0.827. The van der Waals surface area contributed by atoms with Crippen molar-refractivity contribution in [3.8, 4) is 11.6 Å². The van der Waals surface area contributed by atoms with Crippen LogP contribution in [0.2, 0.25) is 0 Å². The van der Waals surface area contributed by atoms with Crippen LogP contribution in [0, 0.1) is 12.7 Å². The number of nitrogens with zero attached hydrogens (tertiary/aromatic N) is 1. The number of hydrogen-bond donors (Lipinski definition) is 0. The fraction of sp³-hybridized carbons (Fsp3) is 0.0833. The second-order valence-electron chi connectivity index (χ2n) is 3.38. The van der Waals surface area contributed by atoms with Crippen LogP contribution in [0.1, 0.15) is 5.56 Å². The van der Waals surface area contributed by atoms with Crippen LogP contribution in [0.25, 0.3) is 0 Å². The van der Waals surface area contributed by atoms with Gasteiger partial charge in [-0.25, -0.2) is 9.37 Å². The Morgan fingerprint density at radius 3 is 2.75 bits per heavy atom. The zero-order chi connectivity index (χ0) is 11.5. The lowest BCUT2D eigenvalue weighted by atomic mass is 10.3. The van der Waals surface area contributed by atoms with Gasteiger partial charge < -0.3 is 4.74 Å². The molecule has 0 bridgehead atoms. The van der Waals surface area contributed by atoms with Gasteiger partial charge in [-0.3, -0.25) is 0 Å². The SMILES string of the molecule is Cc1ccnc(Oc2cc(F)cc(Br)c2)c1. The summed E-state index contributed by atoms with van der Waals surface area (Å²) in [6, 6.07) is 8.03. The molecule has 0 amide bonds. The number of aryl methyl sites for hydroxylation is 1. The number of ether oxygens (including phenoxy) is 1. The van der Waals surface area contributed by atoms with Gasteiger partial charge in [0.1, 0.15) is 11.6 Å². The lowest BCUT2D eigenvalue weighted by Crippen LogP contribution is -1.89. The third-order valence-corrected chi connectivity index (χ3v) is 2.41. The summed E-state index contributed by atoms with van der Waals surface area (Å²) >= 11 is 3.20. The molecule has 0 atom stereocenters. The first-order valence-corrected chi connectivity index (χ1v) is 5.49. The van der Waals surface area contributed by atoms with Crippen molar-refractivity contribution in [2.24, 2.45) is 0 Å². The molecule has 1 aromatic heterocycles. The summed E-state index contributed by atoms with van der Waals surface area (Å²) in [5.41, 5.74) is 1.04. The number of aromatic nitrogens is 1. The Balaban J connectivity index is 2.27. The fourth-order valence-electron chi connectivity index (χ4n) is 1.27. The van der Waals surface area contributed by atoms with Gasteiger partial charge >= 0.3 is 0 Å². The summed E-state index contributed by atoms with van der Waals surface area (Å²) in [5, 5.41) is 0. The van der Waals surface area contributed by atoms with Crippen molar-refractivity contribution >= 4 is 15.9 Å². The maximum Gasteiger partial charge on any atom is 0.219 e. The Morgan fingerprint density at radius 1 is 1.25 bits per heavy atom. The van der Waals surface area contributed by atoms with Crippen LogP contribution in [0.15, 0.2) is 41.0 Å². The number of benzene rings is 1. The van der Waals surface area contributed by atoms with E-state index in [0.29, 0.717) is 16.1 Å². The summed E-state index contributed by atoms with van der Waals surface area (Å²) in [5.74, 6) is 0.527. The van der Waals surface area contributed by atoms with Crippen molar-refractivity contribution in [2.45, 2.75) is 6.92 Å². The van der Waals surface area contributed by atoms with Crippen LogP contribution in [-0.4, -0.2) is 4.98 Å². The molecule has 1 aromatic carbocycles. The summed E-state index contributed by atoms with van der Waals surface area (Å²) in [7, 11) is 0. The second-order valence-corrected chi connectivity index (χ2v) is 4.29. The Kier molecular flexibility index (Phi) is 3.19. The zero-order valence-corrected chi connectivity index (χ0v) is 10.2. The van der Waals surface area contributed by atoms with Crippen molar-refractivity contribution < 1.29 is 9.13 Å². The largest absolute Gasteiger partial charge is 0.439 e. The van der Waals surface area contributed by atoms with Gasteiger partial charge in [0.25, 0.3) is 0 Å². The first-order chi connectivity index (χ1) is 7.63. The molecular formula is C12H9BrFNO. The predicted molar refractivity (Wildman–Crippen MR) is 63.1 cm³/mol. The number of hydrogen-bond acceptors (Lipinski definition) is 2. The van der Waals surface area contributed by atoms with E-state index in [2.05, 4.69) is 20.9 Å². The minimum atomic E-state index is -0.350. The van der Waals surface area contributed by atoms with E-state index >= 15 is 0 Å². The van der Waals surface area contributed by atoms with Crippen molar-refractivity contribution in [1.82, 2.24) is 4.98 Å². The van der Waals surface area contributed by atoms with Crippen molar-refractivity contribution in [3.05, 3.63) is 52.4 Å². The molecule has 16 heavy (non-hydrogen) atoms. The molecule has 2 rings (SSSR count). The number of halogens is 2. The Hall–Kier alpha value is -1.42. The fourth-order valence-corrected chi connectivity index (χ4v) is 1.72. The molecule has 1 heterocycles. The molecule has 0 saturated heterocycles. The summed E-state index contributed by atoms with van der Waals surface area (Å²) in [6.07, 6.45) is 1.65. The van der Waals surface area contributed by atoms with Gasteiger partial charge in [-0.2, -0.15) is 0 Å². The van der Waals surface area contributed by atoms with Gasteiger partial charge in [0, 0.05) is 22.8 Å². The van der Waals surface area contributed by atoms with E-state index in [0.717, 1.165) is 5.56 Å². The monoisotopic (exact) mass is 281 g/mol. The van der Waals surface area contributed by atoms with Crippen molar-refractivity contribution in [2.75, 3.05) is 0 Å². The van der Waals surface area contributed by atoms with Gasteiger partial charge in [0.2, 0.25) is 5.88 Å². The van der Waals surface area contributed by atoms with Crippen molar-refractivity contribution in [3.63, 3.8) is 0 Å². The van der Waals surface area contributed by atoms with E-state index in [1.165, 1.54) is 12.1 Å². The van der Waals surface area contributed by atoms with Crippen LogP contribution in [0.5, 0.6) is 11.6 Å². The molecule has 0 aliphatic rings. The summed E-state index contributed by atoms with van der Waals surface area (Å²) in [4.78, 5) is 4.03. The average Bonchev–Trinajstić information content (AvgIpc) is 2.15. The Labute approximate surface area is 101 Å². The van der Waals surface area contributed by atoms with E-state index in [9.17, 15) is 4.39 Å². The van der Waals surface area contributed by atoms with E-state index in [1.54, 1.807) is 18.3 Å². The normalized spacial score (nSPS) is 10.2. The average molecular weight is 282 g/mol. The van der Waals surface area contributed by atoms with Crippen LogP contribution >= 0.6 is 15.9 Å². The second kappa shape index (κ2) is 4.61. The van der Waals surface area contributed by atoms with E-state index in [-0.39, 0.29) is 5.82 Å². The molecule has 0 fully saturated rings. The smallest absolute Gasteiger partial charge is 0.219 e. The third kappa shape index (κ3) is 2.79. The molecule has 2 nitrogen and oxygen atoms in total. The van der Waals surface area contributed by atoms with Gasteiger partial charge in [-0.15, -0.1) is 0 Å². The molecule has 4 heteroatoms. The van der Waals surface area contributed by atoms with E-state index < -0.39 is 0 Å². The van der Waals surface area contributed by atoms with E-state index in [1.807, 2.05) is 13.0 Å². The topological polar surface area (TPSA) is 22.1 Å². The van der Waals surface area contributed by atoms with Gasteiger partial charge in [-0.05, 0) is 30.7 Å².